The molecule has 6 heteroatoms. The summed E-state index contributed by atoms with van der Waals surface area (Å²) in [4.78, 5) is 9.23. The van der Waals surface area contributed by atoms with Gasteiger partial charge in [0.25, 0.3) is 0 Å². The third-order valence-corrected chi connectivity index (χ3v) is 4.51. The predicted octanol–water partition coefficient (Wildman–Crippen LogP) is 3.45. The van der Waals surface area contributed by atoms with Crippen molar-refractivity contribution in [3.8, 4) is 5.82 Å². The maximum atomic E-state index is 4.68. The number of aromatic nitrogens is 3. The molecule has 3 aromatic rings. The molecule has 146 valence electrons. The van der Waals surface area contributed by atoms with Gasteiger partial charge in [-0.2, -0.15) is 5.10 Å². The van der Waals surface area contributed by atoms with Crippen molar-refractivity contribution in [1.29, 1.82) is 0 Å². The lowest BCUT2D eigenvalue weighted by molar-refractivity contribution is 0.799. The van der Waals surface area contributed by atoms with Gasteiger partial charge in [-0.15, -0.1) is 0 Å². The summed E-state index contributed by atoms with van der Waals surface area (Å²) in [5.41, 5.74) is 5.66. The Kier molecular flexibility index (Phi) is 6.42. The maximum Gasteiger partial charge on any atom is 0.191 e. The van der Waals surface area contributed by atoms with Crippen LogP contribution in [0.5, 0.6) is 0 Å². The molecule has 0 bridgehead atoms. The number of aryl methyl sites for hydroxylation is 3. The highest BCUT2D eigenvalue weighted by atomic mass is 15.3. The second-order valence-corrected chi connectivity index (χ2v) is 6.84. The third kappa shape index (κ3) is 4.97. The van der Waals surface area contributed by atoms with Gasteiger partial charge in [-0.3, -0.25) is 0 Å². The van der Waals surface area contributed by atoms with Gasteiger partial charge in [0, 0.05) is 25.0 Å². The number of hydrogen-bond acceptors (Lipinski definition) is 3. The Morgan fingerprint density at radius 2 is 1.89 bits per heavy atom. The first-order valence-electron chi connectivity index (χ1n) is 9.62. The summed E-state index contributed by atoms with van der Waals surface area (Å²) >= 11 is 0. The molecule has 0 saturated heterocycles. The third-order valence-electron chi connectivity index (χ3n) is 4.51. The zero-order chi connectivity index (χ0) is 19.9. The number of guanidine groups is 1. The Morgan fingerprint density at radius 3 is 2.54 bits per heavy atom. The first kappa shape index (κ1) is 19.6. The summed E-state index contributed by atoms with van der Waals surface area (Å²) in [7, 11) is 0. The summed E-state index contributed by atoms with van der Waals surface area (Å²) in [5, 5.41) is 11.2. The molecule has 2 heterocycles. The Labute approximate surface area is 166 Å². The van der Waals surface area contributed by atoms with Gasteiger partial charge >= 0.3 is 0 Å². The van der Waals surface area contributed by atoms with E-state index < -0.39 is 0 Å². The molecule has 0 aliphatic rings. The average Bonchev–Trinajstić information content (AvgIpc) is 3.03. The fourth-order valence-electron chi connectivity index (χ4n) is 3.00. The zero-order valence-electron chi connectivity index (χ0n) is 17.0. The summed E-state index contributed by atoms with van der Waals surface area (Å²) < 4.78 is 1.86. The minimum atomic E-state index is 0.563. The number of hydrogen-bond donors (Lipinski definition) is 2. The summed E-state index contributed by atoms with van der Waals surface area (Å²) in [6.45, 7) is 10.3. The molecule has 1 aromatic carbocycles. The molecule has 28 heavy (non-hydrogen) atoms. The van der Waals surface area contributed by atoms with Crippen LogP contribution in [0.25, 0.3) is 5.82 Å². The van der Waals surface area contributed by atoms with E-state index in [0.717, 1.165) is 41.8 Å². The lowest BCUT2D eigenvalue weighted by atomic mass is 10.1. The fourth-order valence-corrected chi connectivity index (χ4v) is 3.00. The van der Waals surface area contributed by atoms with Crippen LogP contribution in [0.1, 0.15) is 35.0 Å². The van der Waals surface area contributed by atoms with Crippen molar-refractivity contribution in [2.24, 2.45) is 4.99 Å². The normalized spacial score (nSPS) is 11.5. The second kappa shape index (κ2) is 9.17. The van der Waals surface area contributed by atoms with Gasteiger partial charge < -0.3 is 10.6 Å². The highest BCUT2D eigenvalue weighted by Gasteiger charge is 2.05. The Hall–Kier alpha value is -3.15. The van der Waals surface area contributed by atoms with Crippen LogP contribution >= 0.6 is 0 Å². The Bertz CT molecular complexity index is 940. The van der Waals surface area contributed by atoms with Crippen molar-refractivity contribution in [3.63, 3.8) is 0 Å². The number of aliphatic imine (C=N–C) groups is 1. The van der Waals surface area contributed by atoms with Crippen LogP contribution in [0.15, 0.2) is 53.7 Å². The molecule has 0 fully saturated rings. The van der Waals surface area contributed by atoms with Gasteiger partial charge in [0.05, 0.1) is 12.2 Å². The lowest BCUT2D eigenvalue weighted by Gasteiger charge is -2.12. The molecule has 0 unspecified atom stereocenters. The van der Waals surface area contributed by atoms with E-state index in [2.05, 4.69) is 63.8 Å². The van der Waals surface area contributed by atoms with Crippen LogP contribution in [-0.4, -0.2) is 27.3 Å². The van der Waals surface area contributed by atoms with Crippen LogP contribution in [0.3, 0.4) is 0 Å². The first-order chi connectivity index (χ1) is 13.6. The molecule has 0 spiro atoms. The van der Waals surface area contributed by atoms with Crippen molar-refractivity contribution < 1.29 is 0 Å². The van der Waals surface area contributed by atoms with Crippen LogP contribution in [0, 0.1) is 20.8 Å². The first-order valence-corrected chi connectivity index (χ1v) is 9.62. The monoisotopic (exact) mass is 376 g/mol. The van der Waals surface area contributed by atoms with E-state index >= 15 is 0 Å². The highest BCUT2D eigenvalue weighted by molar-refractivity contribution is 5.79. The van der Waals surface area contributed by atoms with Gasteiger partial charge in [0.2, 0.25) is 0 Å². The quantitative estimate of drug-likeness (QED) is 0.511. The van der Waals surface area contributed by atoms with Gasteiger partial charge in [0.1, 0.15) is 0 Å². The van der Waals surface area contributed by atoms with Crippen molar-refractivity contribution in [2.45, 2.75) is 40.8 Å². The number of rotatable bonds is 6. The van der Waals surface area contributed by atoms with Crippen molar-refractivity contribution >= 4 is 5.96 Å². The van der Waals surface area contributed by atoms with E-state index in [-0.39, 0.29) is 0 Å². The number of nitrogens with zero attached hydrogens (tertiary/aromatic N) is 4. The van der Waals surface area contributed by atoms with Crippen LogP contribution in [0.4, 0.5) is 0 Å². The number of benzene rings is 1. The predicted molar refractivity (Wildman–Crippen MR) is 114 cm³/mol. The van der Waals surface area contributed by atoms with Gasteiger partial charge in [-0.25, -0.2) is 14.7 Å². The Morgan fingerprint density at radius 1 is 1.07 bits per heavy atom. The van der Waals surface area contributed by atoms with E-state index in [1.807, 2.05) is 42.9 Å². The van der Waals surface area contributed by atoms with Crippen molar-refractivity contribution in [2.75, 3.05) is 6.54 Å². The molecule has 0 amide bonds. The van der Waals surface area contributed by atoms with Gasteiger partial charge in [0.15, 0.2) is 11.8 Å². The van der Waals surface area contributed by atoms with Crippen molar-refractivity contribution in [3.05, 3.63) is 76.7 Å². The summed E-state index contributed by atoms with van der Waals surface area (Å²) in [6, 6.07) is 14.4. The van der Waals surface area contributed by atoms with Gasteiger partial charge in [-0.1, -0.05) is 30.3 Å². The average molecular weight is 377 g/mol. The second-order valence-electron chi connectivity index (χ2n) is 6.84. The van der Waals surface area contributed by atoms with Crippen LogP contribution in [-0.2, 0) is 13.1 Å². The highest BCUT2D eigenvalue weighted by Crippen LogP contribution is 2.11. The summed E-state index contributed by atoms with van der Waals surface area (Å²) in [6.07, 6.45) is 1.86. The van der Waals surface area contributed by atoms with E-state index in [0.29, 0.717) is 6.54 Å². The van der Waals surface area contributed by atoms with Gasteiger partial charge in [-0.05, 0) is 56.5 Å². The van der Waals surface area contributed by atoms with E-state index in [4.69, 9.17) is 0 Å². The molecule has 0 radical (unpaired) electrons. The lowest BCUT2D eigenvalue weighted by Crippen LogP contribution is -2.36. The smallest absolute Gasteiger partial charge is 0.191 e. The molecular weight excluding hydrogens is 348 g/mol. The topological polar surface area (TPSA) is 67.1 Å². The minimum Gasteiger partial charge on any atom is -0.357 e. The largest absolute Gasteiger partial charge is 0.357 e. The van der Waals surface area contributed by atoms with E-state index in [9.17, 15) is 0 Å². The summed E-state index contributed by atoms with van der Waals surface area (Å²) in [5.74, 6) is 1.62. The molecule has 2 aromatic heterocycles. The Balaban J connectivity index is 1.65. The van der Waals surface area contributed by atoms with E-state index in [1.54, 1.807) is 0 Å². The maximum absolute atomic E-state index is 4.68. The van der Waals surface area contributed by atoms with E-state index in [1.165, 1.54) is 11.1 Å². The minimum absolute atomic E-state index is 0.563. The molecule has 6 nitrogen and oxygen atoms in total. The number of pyridine rings is 1. The molecule has 0 atom stereocenters. The standard InChI is InChI=1S/C22H28N6/c1-5-23-22(26-15-20-9-7-6-8-16(20)2)25-14-19-10-11-21(24-13-19)28-18(4)12-17(3)27-28/h6-13H,5,14-15H2,1-4H3,(H2,23,25,26). The van der Waals surface area contributed by atoms with Crippen molar-refractivity contribution in [1.82, 2.24) is 25.4 Å². The molecular formula is C22H28N6. The molecule has 3 rings (SSSR count). The molecule has 2 N–H and O–H groups in total. The SMILES string of the molecule is CCNC(=NCc1ccc(-n2nc(C)cc2C)nc1)NCc1ccccc1C. The molecule has 0 saturated carbocycles. The molecule has 0 aliphatic carbocycles. The fraction of sp³-hybridized carbons (Fsp3) is 0.318. The van der Waals surface area contributed by atoms with Crippen LogP contribution in [0.2, 0.25) is 0 Å². The number of nitrogens with one attached hydrogen (secondary N) is 2. The molecule has 0 aliphatic heterocycles. The van der Waals surface area contributed by atoms with Crippen LogP contribution < -0.4 is 10.6 Å². The zero-order valence-corrected chi connectivity index (χ0v) is 17.0.